The first-order chi connectivity index (χ1) is 9.79. The fourth-order valence-electron chi connectivity index (χ4n) is 3.09. The average Bonchev–Trinajstić information content (AvgIpc) is 2.52. The van der Waals surface area contributed by atoms with E-state index in [9.17, 15) is 0 Å². The van der Waals surface area contributed by atoms with Crippen molar-refractivity contribution in [3.8, 4) is 0 Å². The summed E-state index contributed by atoms with van der Waals surface area (Å²) in [6.07, 6.45) is 4.02. The van der Waals surface area contributed by atoms with Crippen LogP contribution in [0.15, 0.2) is 30.3 Å². The maximum atomic E-state index is 3.49. The van der Waals surface area contributed by atoms with Crippen LogP contribution in [0.3, 0.4) is 0 Å². The fourth-order valence-corrected chi connectivity index (χ4v) is 3.09. The molecule has 1 aromatic carbocycles. The smallest absolute Gasteiger partial charge is 0.00130 e. The molecule has 1 fully saturated rings. The minimum absolute atomic E-state index is 0.677. The van der Waals surface area contributed by atoms with Gasteiger partial charge in [-0.3, -0.25) is 0 Å². The summed E-state index contributed by atoms with van der Waals surface area (Å²) in [5.41, 5.74) is 1.48. The number of hydrogen-bond acceptors (Lipinski definition) is 2. The van der Waals surface area contributed by atoms with Crippen molar-refractivity contribution in [1.82, 2.24) is 10.2 Å². The van der Waals surface area contributed by atoms with Crippen molar-refractivity contribution in [2.75, 3.05) is 32.7 Å². The van der Waals surface area contributed by atoms with E-state index in [1.807, 2.05) is 0 Å². The zero-order chi connectivity index (χ0) is 14.2. The van der Waals surface area contributed by atoms with Crippen molar-refractivity contribution in [2.24, 2.45) is 5.92 Å². The van der Waals surface area contributed by atoms with Crippen molar-refractivity contribution in [1.29, 1.82) is 0 Å². The molecule has 2 nitrogen and oxygen atoms in total. The Hall–Kier alpha value is -0.860. The lowest BCUT2D eigenvalue weighted by molar-refractivity contribution is 0.178. The molecule has 1 heterocycles. The second kappa shape index (κ2) is 8.43. The molecule has 0 amide bonds. The lowest BCUT2D eigenvalue weighted by Gasteiger charge is -2.32. The molecule has 0 aromatic heterocycles. The quantitative estimate of drug-likeness (QED) is 0.818. The maximum Gasteiger partial charge on any atom is -0.00130 e. The normalized spacial score (nSPS) is 19.1. The van der Waals surface area contributed by atoms with Gasteiger partial charge in [-0.15, -0.1) is 0 Å². The summed E-state index contributed by atoms with van der Waals surface area (Å²) < 4.78 is 0. The van der Waals surface area contributed by atoms with Gasteiger partial charge in [-0.2, -0.15) is 0 Å². The lowest BCUT2D eigenvalue weighted by atomic mass is 9.94. The van der Waals surface area contributed by atoms with E-state index in [2.05, 4.69) is 54.4 Å². The Morgan fingerprint density at radius 2 is 1.90 bits per heavy atom. The van der Waals surface area contributed by atoms with Crippen LogP contribution in [0, 0.1) is 5.92 Å². The molecule has 1 aromatic rings. The van der Waals surface area contributed by atoms with E-state index < -0.39 is 0 Å². The van der Waals surface area contributed by atoms with Crippen LogP contribution in [0.5, 0.6) is 0 Å². The van der Waals surface area contributed by atoms with Gasteiger partial charge in [0.05, 0.1) is 0 Å². The van der Waals surface area contributed by atoms with Crippen molar-refractivity contribution in [3.05, 3.63) is 35.9 Å². The molecule has 0 aliphatic carbocycles. The van der Waals surface area contributed by atoms with Crippen molar-refractivity contribution in [3.63, 3.8) is 0 Å². The van der Waals surface area contributed by atoms with Crippen LogP contribution in [-0.4, -0.2) is 37.6 Å². The Morgan fingerprint density at radius 3 is 2.55 bits per heavy atom. The second-order valence-electron chi connectivity index (χ2n) is 6.19. The number of nitrogens with zero attached hydrogens (tertiary/aromatic N) is 1. The summed E-state index contributed by atoms with van der Waals surface area (Å²) in [7, 11) is 0. The van der Waals surface area contributed by atoms with Gasteiger partial charge in [0, 0.05) is 0 Å². The third kappa shape index (κ3) is 4.92. The summed E-state index contributed by atoms with van der Waals surface area (Å²) in [4.78, 5) is 2.65. The van der Waals surface area contributed by atoms with Crippen LogP contribution in [0.2, 0.25) is 0 Å². The molecule has 2 heteroatoms. The van der Waals surface area contributed by atoms with E-state index in [4.69, 9.17) is 0 Å². The van der Waals surface area contributed by atoms with Gasteiger partial charge in [-0.25, -0.2) is 0 Å². The van der Waals surface area contributed by atoms with Gasteiger partial charge >= 0.3 is 0 Å². The Labute approximate surface area is 124 Å². The Bertz CT molecular complexity index is 355. The first-order valence-corrected chi connectivity index (χ1v) is 8.27. The van der Waals surface area contributed by atoms with Gasteiger partial charge in [-0.05, 0) is 69.4 Å². The largest absolute Gasteiger partial charge is 0.317 e. The molecule has 0 spiro atoms. The van der Waals surface area contributed by atoms with Crippen LogP contribution in [-0.2, 0) is 0 Å². The van der Waals surface area contributed by atoms with Crippen molar-refractivity contribution >= 4 is 0 Å². The molecular weight excluding hydrogens is 244 g/mol. The standard InChI is InChI=1S/C18H30N2/c1-3-19-15-17-10-13-20(14-11-17)12-9-16(2)18-7-5-4-6-8-18/h4-8,16-17,19H,3,9-15H2,1-2H3. The molecule has 1 atom stereocenters. The van der Waals surface area contributed by atoms with Crippen molar-refractivity contribution in [2.45, 2.75) is 39.0 Å². The van der Waals surface area contributed by atoms with Crippen LogP contribution >= 0.6 is 0 Å². The summed E-state index contributed by atoms with van der Waals surface area (Å²) in [5, 5.41) is 3.49. The molecule has 20 heavy (non-hydrogen) atoms. The van der Waals surface area contributed by atoms with Gasteiger partial charge in [0.1, 0.15) is 0 Å². The Kier molecular flexibility index (Phi) is 6.55. The van der Waals surface area contributed by atoms with Crippen LogP contribution in [0.25, 0.3) is 0 Å². The van der Waals surface area contributed by atoms with E-state index >= 15 is 0 Å². The van der Waals surface area contributed by atoms with E-state index in [1.54, 1.807) is 0 Å². The Balaban J connectivity index is 1.66. The number of likely N-dealkylation sites (tertiary alicyclic amines) is 1. The highest BCUT2D eigenvalue weighted by Gasteiger charge is 2.19. The number of benzene rings is 1. The SMILES string of the molecule is CCNCC1CCN(CCC(C)c2ccccc2)CC1. The zero-order valence-electron chi connectivity index (χ0n) is 13.1. The molecule has 1 aliphatic heterocycles. The van der Waals surface area contributed by atoms with Crippen LogP contribution in [0.4, 0.5) is 0 Å². The summed E-state index contributed by atoms with van der Waals surface area (Å²) >= 11 is 0. The second-order valence-corrected chi connectivity index (χ2v) is 6.19. The highest BCUT2D eigenvalue weighted by atomic mass is 15.1. The van der Waals surface area contributed by atoms with E-state index in [0.29, 0.717) is 5.92 Å². The summed E-state index contributed by atoms with van der Waals surface area (Å²) in [6.45, 7) is 10.7. The van der Waals surface area contributed by atoms with E-state index in [0.717, 1.165) is 12.5 Å². The summed E-state index contributed by atoms with van der Waals surface area (Å²) in [6, 6.07) is 10.9. The third-order valence-corrected chi connectivity index (χ3v) is 4.64. The molecular formula is C18H30N2. The predicted octanol–water partition coefficient (Wildman–Crippen LogP) is 3.50. The maximum absolute atomic E-state index is 3.49. The first-order valence-electron chi connectivity index (χ1n) is 8.27. The molecule has 1 N–H and O–H groups in total. The highest BCUT2D eigenvalue weighted by Crippen LogP contribution is 2.21. The van der Waals surface area contributed by atoms with Gasteiger partial charge in [0.25, 0.3) is 0 Å². The minimum atomic E-state index is 0.677. The van der Waals surface area contributed by atoms with Gasteiger partial charge in [0.2, 0.25) is 0 Å². The van der Waals surface area contributed by atoms with Gasteiger partial charge in [-0.1, -0.05) is 44.2 Å². The van der Waals surface area contributed by atoms with Crippen LogP contribution in [0.1, 0.15) is 44.6 Å². The van der Waals surface area contributed by atoms with Gasteiger partial charge < -0.3 is 10.2 Å². The number of nitrogens with one attached hydrogen (secondary N) is 1. The molecule has 2 rings (SSSR count). The molecule has 1 unspecified atom stereocenters. The molecule has 1 aliphatic rings. The zero-order valence-corrected chi connectivity index (χ0v) is 13.1. The molecule has 0 saturated carbocycles. The Morgan fingerprint density at radius 1 is 1.20 bits per heavy atom. The predicted molar refractivity (Wildman–Crippen MR) is 87.2 cm³/mol. The number of piperidine rings is 1. The first kappa shape index (κ1) is 15.5. The fraction of sp³-hybridized carbons (Fsp3) is 0.667. The van der Waals surface area contributed by atoms with E-state index in [-0.39, 0.29) is 0 Å². The lowest BCUT2D eigenvalue weighted by Crippen LogP contribution is -2.38. The topological polar surface area (TPSA) is 15.3 Å². The monoisotopic (exact) mass is 274 g/mol. The minimum Gasteiger partial charge on any atom is -0.317 e. The summed E-state index contributed by atoms with van der Waals surface area (Å²) in [5.74, 6) is 1.58. The van der Waals surface area contributed by atoms with Crippen LogP contribution < -0.4 is 5.32 Å². The average molecular weight is 274 g/mol. The number of hydrogen-bond donors (Lipinski definition) is 1. The number of rotatable bonds is 7. The molecule has 0 radical (unpaired) electrons. The van der Waals surface area contributed by atoms with Gasteiger partial charge in [0.15, 0.2) is 0 Å². The van der Waals surface area contributed by atoms with E-state index in [1.165, 1.54) is 51.0 Å². The molecule has 112 valence electrons. The molecule has 0 bridgehead atoms. The third-order valence-electron chi connectivity index (χ3n) is 4.64. The van der Waals surface area contributed by atoms with Crippen molar-refractivity contribution < 1.29 is 0 Å². The molecule has 1 saturated heterocycles. The highest BCUT2D eigenvalue weighted by molar-refractivity contribution is 5.18.